The molecule has 4 aromatic rings. The second-order valence-electron chi connectivity index (χ2n) is 5.84. The number of nitrogens with one attached hydrogen (secondary N) is 1. The molecule has 0 unspecified atom stereocenters. The van der Waals surface area contributed by atoms with Gasteiger partial charge >= 0.3 is 0 Å². The molecule has 5 nitrogen and oxygen atoms in total. The SMILES string of the molecule is COc1cccc(CSc2nc3c(sc(=S)n3-c3ccc(Cl)cc3)c(=O)[nH]2)c1. The molecule has 0 aliphatic rings. The smallest absolute Gasteiger partial charge is 0.271 e. The number of methoxy groups -OCH3 is 1. The fourth-order valence-electron chi connectivity index (χ4n) is 2.69. The van der Waals surface area contributed by atoms with Gasteiger partial charge in [-0.15, -0.1) is 0 Å². The molecule has 0 aliphatic heterocycles. The first kappa shape index (κ1) is 19.2. The number of aromatic nitrogens is 3. The normalized spacial score (nSPS) is 11.1. The van der Waals surface area contributed by atoms with Crippen LogP contribution < -0.4 is 10.3 Å². The van der Waals surface area contributed by atoms with Crippen LogP contribution in [0.25, 0.3) is 16.0 Å². The maximum absolute atomic E-state index is 12.6. The number of rotatable bonds is 5. The number of thiazole rings is 1. The summed E-state index contributed by atoms with van der Waals surface area (Å²) in [5.74, 6) is 1.45. The molecule has 0 saturated carbocycles. The molecule has 0 atom stereocenters. The van der Waals surface area contributed by atoms with E-state index in [1.165, 1.54) is 23.1 Å². The molecule has 0 saturated heterocycles. The van der Waals surface area contributed by atoms with E-state index in [9.17, 15) is 4.79 Å². The molecular weight excluding hydrogens is 434 g/mol. The Hall–Kier alpha value is -2.13. The van der Waals surface area contributed by atoms with E-state index in [-0.39, 0.29) is 5.56 Å². The average Bonchev–Trinajstić information content (AvgIpc) is 3.04. The van der Waals surface area contributed by atoms with Gasteiger partial charge in [-0.25, -0.2) is 4.98 Å². The Morgan fingerprint density at radius 3 is 2.82 bits per heavy atom. The largest absolute Gasteiger partial charge is 0.497 e. The highest BCUT2D eigenvalue weighted by Crippen LogP contribution is 2.27. The molecule has 0 bridgehead atoms. The lowest BCUT2D eigenvalue weighted by atomic mass is 10.2. The first-order valence-electron chi connectivity index (χ1n) is 8.22. The van der Waals surface area contributed by atoms with Crippen LogP contribution in [0.3, 0.4) is 0 Å². The first-order chi connectivity index (χ1) is 13.5. The number of fused-ring (bicyclic) bond motifs is 1. The Labute approximate surface area is 179 Å². The summed E-state index contributed by atoms with van der Waals surface area (Å²) < 4.78 is 8.12. The predicted molar refractivity (Wildman–Crippen MR) is 118 cm³/mol. The van der Waals surface area contributed by atoms with Crippen LogP contribution in [0.15, 0.2) is 58.5 Å². The summed E-state index contributed by atoms with van der Waals surface area (Å²) in [6.45, 7) is 0. The molecular formula is C19H14ClN3O2S3. The van der Waals surface area contributed by atoms with Crippen LogP contribution in [0.1, 0.15) is 5.56 Å². The van der Waals surface area contributed by atoms with Gasteiger partial charge in [0, 0.05) is 16.5 Å². The van der Waals surface area contributed by atoms with E-state index in [0.717, 1.165) is 17.0 Å². The quantitative estimate of drug-likeness (QED) is 0.250. The molecule has 142 valence electrons. The number of nitrogens with zero attached hydrogens (tertiary/aromatic N) is 2. The zero-order valence-corrected chi connectivity index (χ0v) is 17.8. The summed E-state index contributed by atoms with van der Waals surface area (Å²) in [5.41, 5.74) is 2.26. The highest BCUT2D eigenvalue weighted by molar-refractivity contribution is 7.98. The summed E-state index contributed by atoms with van der Waals surface area (Å²) in [6.07, 6.45) is 0. The van der Waals surface area contributed by atoms with Crippen molar-refractivity contribution >= 4 is 57.3 Å². The van der Waals surface area contributed by atoms with Crippen molar-refractivity contribution in [3.05, 3.63) is 73.4 Å². The van der Waals surface area contributed by atoms with Gasteiger partial charge in [0.1, 0.15) is 10.4 Å². The maximum atomic E-state index is 12.6. The van der Waals surface area contributed by atoms with Crippen molar-refractivity contribution in [2.24, 2.45) is 0 Å². The number of benzene rings is 2. The van der Waals surface area contributed by atoms with Gasteiger partial charge in [-0.2, -0.15) is 0 Å². The van der Waals surface area contributed by atoms with Crippen molar-refractivity contribution in [1.29, 1.82) is 0 Å². The second kappa shape index (κ2) is 8.08. The van der Waals surface area contributed by atoms with E-state index in [1.807, 2.05) is 36.4 Å². The van der Waals surface area contributed by atoms with Gasteiger partial charge in [0.05, 0.1) is 7.11 Å². The Morgan fingerprint density at radius 1 is 1.29 bits per heavy atom. The molecule has 0 aliphatic carbocycles. The van der Waals surface area contributed by atoms with Gasteiger partial charge < -0.3 is 9.72 Å². The Balaban J connectivity index is 1.72. The number of hydrogen-bond donors (Lipinski definition) is 1. The van der Waals surface area contributed by atoms with Crippen molar-refractivity contribution in [1.82, 2.24) is 14.5 Å². The zero-order valence-electron chi connectivity index (χ0n) is 14.6. The number of H-pyrrole nitrogens is 1. The molecule has 2 heterocycles. The molecule has 2 aromatic carbocycles. The topological polar surface area (TPSA) is 59.9 Å². The van der Waals surface area contributed by atoms with Crippen molar-refractivity contribution in [2.75, 3.05) is 7.11 Å². The van der Waals surface area contributed by atoms with Crippen LogP contribution in [0.2, 0.25) is 5.02 Å². The lowest BCUT2D eigenvalue weighted by Gasteiger charge is -2.06. The van der Waals surface area contributed by atoms with Crippen molar-refractivity contribution in [3.63, 3.8) is 0 Å². The van der Waals surface area contributed by atoms with Gasteiger partial charge in [0.15, 0.2) is 14.8 Å². The fraction of sp³-hybridized carbons (Fsp3) is 0.105. The summed E-state index contributed by atoms with van der Waals surface area (Å²) in [7, 11) is 1.64. The van der Waals surface area contributed by atoms with E-state index in [2.05, 4.69) is 9.97 Å². The Morgan fingerprint density at radius 2 is 2.07 bits per heavy atom. The lowest BCUT2D eigenvalue weighted by Crippen LogP contribution is -2.09. The van der Waals surface area contributed by atoms with Gasteiger partial charge in [0.2, 0.25) is 0 Å². The number of ether oxygens (including phenoxy) is 1. The van der Waals surface area contributed by atoms with Crippen molar-refractivity contribution < 1.29 is 4.74 Å². The molecule has 0 amide bonds. The highest BCUT2D eigenvalue weighted by Gasteiger charge is 2.14. The Bertz CT molecular complexity index is 1260. The van der Waals surface area contributed by atoms with E-state index in [0.29, 0.717) is 30.2 Å². The minimum atomic E-state index is -0.193. The van der Waals surface area contributed by atoms with Crippen LogP contribution in [-0.2, 0) is 5.75 Å². The predicted octanol–water partition coefficient (Wildman–Crippen LogP) is 5.46. The molecule has 0 spiro atoms. The molecule has 9 heteroatoms. The molecule has 0 radical (unpaired) electrons. The van der Waals surface area contributed by atoms with E-state index >= 15 is 0 Å². The summed E-state index contributed by atoms with van der Waals surface area (Å²) >= 11 is 14.2. The summed E-state index contributed by atoms with van der Waals surface area (Å²) in [5, 5.41) is 1.17. The molecule has 1 N–H and O–H groups in total. The zero-order chi connectivity index (χ0) is 19.7. The van der Waals surface area contributed by atoms with Crippen LogP contribution >= 0.6 is 46.9 Å². The monoisotopic (exact) mass is 447 g/mol. The maximum Gasteiger partial charge on any atom is 0.271 e. The third-order valence-corrected chi connectivity index (χ3v) is 6.57. The molecule has 0 fully saturated rings. The minimum Gasteiger partial charge on any atom is -0.497 e. The van der Waals surface area contributed by atoms with Crippen LogP contribution in [-0.4, -0.2) is 21.6 Å². The standard InChI is InChI=1S/C19H14ClN3O2S3/c1-25-14-4-2-3-11(9-14)10-27-18-21-16-15(17(24)22-18)28-19(26)23(16)13-7-5-12(20)6-8-13/h2-9H,10H2,1H3,(H,21,22,24). The first-order valence-corrected chi connectivity index (χ1v) is 10.8. The van der Waals surface area contributed by atoms with Gasteiger partial charge in [0.25, 0.3) is 5.56 Å². The van der Waals surface area contributed by atoms with Gasteiger partial charge in [-0.1, -0.05) is 46.8 Å². The van der Waals surface area contributed by atoms with Crippen LogP contribution in [0.5, 0.6) is 5.75 Å². The second-order valence-corrected chi connectivity index (χ2v) is 8.89. The van der Waals surface area contributed by atoms with E-state index < -0.39 is 0 Å². The van der Waals surface area contributed by atoms with Crippen molar-refractivity contribution in [2.45, 2.75) is 10.9 Å². The number of thioether (sulfide) groups is 1. The van der Waals surface area contributed by atoms with Crippen molar-refractivity contribution in [3.8, 4) is 11.4 Å². The van der Waals surface area contributed by atoms with E-state index in [4.69, 9.17) is 28.6 Å². The third kappa shape index (κ3) is 3.86. The van der Waals surface area contributed by atoms with Crippen LogP contribution in [0.4, 0.5) is 0 Å². The highest BCUT2D eigenvalue weighted by atomic mass is 35.5. The minimum absolute atomic E-state index is 0.193. The number of halogens is 1. The number of aromatic amines is 1. The van der Waals surface area contributed by atoms with Gasteiger partial charge in [-0.3, -0.25) is 9.36 Å². The fourth-order valence-corrected chi connectivity index (χ4v) is 4.89. The molecule has 2 aromatic heterocycles. The number of hydrogen-bond acceptors (Lipinski definition) is 6. The Kier molecular flexibility index (Phi) is 5.54. The van der Waals surface area contributed by atoms with E-state index in [1.54, 1.807) is 23.8 Å². The molecule has 4 rings (SSSR count). The third-order valence-electron chi connectivity index (χ3n) is 4.02. The van der Waals surface area contributed by atoms with Crippen LogP contribution in [0, 0.1) is 3.95 Å². The lowest BCUT2D eigenvalue weighted by molar-refractivity contribution is 0.414. The summed E-state index contributed by atoms with van der Waals surface area (Å²) in [4.78, 5) is 20.1. The molecule has 28 heavy (non-hydrogen) atoms. The average molecular weight is 448 g/mol. The summed E-state index contributed by atoms with van der Waals surface area (Å²) in [6, 6.07) is 15.1. The van der Waals surface area contributed by atoms with Gasteiger partial charge in [-0.05, 0) is 54.2 Å².